The Hall–Kier alpha value is -5.20. The number of benzene rings is 3. The van der Waals surface area contributed by atoms with Crippen molar-refractivity contribution in [2.24, 2.45) is 4.99 Å². The van der Waals surface area contributed by atoms with Gasteiger partial charge in [-0.25, -0.2) is 4.99 Å². The zero-order valence-corrected chi connectivity index (χ0v) is 27.0. The van der Waals surface area contributed by atoms with Crippen LogP contribution in [0.2, 0.25) is 0 Å². The van der Waals surface area contributed by atoms with E-state index < -0.39 is 6.04 Å². The quantitative estimate of drug-likeness (QED) is 0.295. The average molecular weight is 655 g/mol. The van der Waals surface area contributed by atoms with Crippen molar-refractivity contribution in [3.05, 3.63) is 115 Å². The van der Waals surface area contributed by atoms with Crippen LogP contribution >= 0.6 is 11.3 Å². The highest BCUT2D eigenvalue weighted by Gasteiger charge is 2.34. The summed E-state index contributed by atoms with van der Waals surface area (Å²) in [5.74, 6) is 1.12. The van der Waals surface area contributed by atoms with Crippen molar-refractivity contribution in [2.45, 2.75) is 13.0 Å². The van der Waals surface area contributed by atoms with Crippen LogP contribution in [0.4, 0.5) is 5.69 Å². The number of aromatic nitrogens is 1. The van der Waals surface area contributed by atoms with E-state index in [-0.39, 0.29) is 24.0 Å². The largest absolute Gasteiger partial charge is 0.497 e. The van der Waals surface area contributed by atoms with Gasteiger partial charge in [0.2, 0.25) is 0 Å². The first-order valence-corrected chi connectivity index (χ1v) is 15.9. The van der Waals surface area contributed by atoms with Crippen molar-refractivity contribution in [1.29, 1.82) is 0 Å². The number of nitrogens with zero attached hydrogens (tertiary/aromatic N) is 3. The number of thiazole rings is 1. The molecule has 1 atom stereocenters. The van der Waals surface area contributed by atoms with Gasteiger partial charge < -0.3 is 29.2 Å². The van der Waals surface area contributed by atoms with E-state index in [1.54, 1.807) is 72.0 Å². The highest BCUT2D eigenvalue weighted by atomic mass is 32.1. The maximum atomic E-state index is 14.1. The van der Waals surface area contributed by atoms with Crippen LogP contribution in [0, 0.1) is 0 Å². The summed E-state index contributed by atoms with van der Waals surface area (Å²) in [7, 11) is 3.10. The molecule has 1 fully saturated rings. The minimum Gasteiger partial charge on any atom is -0.497 e. The average Bonchev–Trinajstić information content (AvgIpc) is 3.41. The Morgan fingerprint density at radius 1 is 1.00 bits per heavy atom. The number of ether oxygens (including phenoxy) is 4. The standard InChI is InChI=1S/C35H34N4O7S/c1-22-31(33(41)37-24-7-5-4-6-8-24)32(27-14-13-26(43-2)20-28(27)44-3)39-34(42)29(47-35(39)36-22)19-23-9-11-25(12-10-23)46-21-30(40)38-15-17-45-18-16-38/h4-14,19-20,32H,15-18,21H2,1-3H3,(H,37,41)/b29-19+/t32-/m1/s1. The van der Waals surface area contributed by atoms with Crippen LogP contribution in [0.15, 0.2) is 93.9 Å². The van der Waals surface area contributed by atoms with Gasteiger partial charge in [0.05, 0.1) is 43.2 Å². The van der Waals surface area contributed by atoms with E-state index in [9.17, 15) is 14.4 Å². The molecule has 3 heterocycles. The van der Waals surface area contributed by atoms with Gasteiger partial charge in [0.1, 0.15) is 23.3 Å². The van der Waals surface area contributed by atoms with Crippen molar-refractivity contribution in [3.63, 3.8) is 0 Å². The fraction of sp³-hybridized carbons (Fsp3) is 0.257. The van der Waals surface area contributed by atoms with Gasteiger partial charge in [0.15, 0.2) is 11.4 Å². The number of anilines is 1. The normalized spacial score (nSPS) is 16.3. The molecule has 0 aliphatic carbocycles. The third kappa shape index (κ3) is 6.83. The molecule has 47 heavy (non-hydrogen) atoms. The Morgan fingerprint density at radius 3 is 2.43 bits per heavy atom. The molecule has 3 aromatic carbocycles. The molecule has 1 N–H and O–H groups in total. The molecule has 11 nitrogen and oxygen atoms in total. The van der Waals surface area contributed by atoms with Gasteiger partial charge in [-0.1, -0.05) is 41.7 Å². The molecule has 242 valence electrons. The zero-order valence-electron chi connectivity index (χ0n) is 26.2. The monoisotopic (exact) mass is 654 g/mol. The van der Waals surface area contributed by atoms with Crippen LogP contribution in [0.3, 0.4) is 0 Å². The molecule has 2 aliphatic rings. The van der Waals surface area contributed by atoms with E-state index in [0.29, 0.717) is 75.4 Å². The summed E-state index contributed by atoms with van der Waals surface area (Å²) in [6, 6.07) is 20.8. The van der Waals surface area contributed by atoms with Crippen molar-refractivity contribution >= 4 is 34.9 Å². The number of hydrogen-bond acceptors (Lipinski definition) is 9. The summed E-state index contributed by atoms with van der Waals surface area (Å²) in [5.41, 5.74) is 2.51. The molecule has 12 heteroatoms. The van der Waals surface area contributed by atoms with E-state index in [2.05, 4.69) is 5.32 Å². The molecule has 0 bridgehead atoms. The van der Waals surface area contributed by atoms with E-state index in [0.717, 1.165) is 5.56 Å². The second-order valence-corrected chi connectivity index (χ2v) is 11.9. The number of carbonyl (C=O) groups excluding carboxylic acids is 2. The van der Waals surface area contributed by atoms with Crippen LogP contribution in [-0.4, -0.2) is 68.4 Å². The first kappa shape index (κ1) is 31.8. The summed E-state index contributed by atoms with van der Waals surface area (Å²) in [6.45, 7) is 3.88. The summed E-state index contributed by atoms with van der Waals surface area (Å²) >= 11 is 1.24. The Kier molecular flexibility index (Phi) is 9.50. The Balaban J connectivity index is 1.34. The SMILES string of the molecule is COc1ccc([C@@H]2C(C(=O)Nc3ccccc3)=C(C)N=c3s/c(=C/c4ccc(OCC(=O)N5CCOCC5)cc4)c(=O)n32)c(OC)c1. The molecule has 1 saturated heterocycles. The van der Waals surface area contributed by atoms with E-state index in [1.165, 1.54) is 18.4 Å². The maximum Gasteiger partial charge on any atom is 0.271 e. The Labute approximate surface area is 275 Å². The summed E-state index contributed by atoms with van der Waals surface area (Å²) in [6.07, 6.45) is 1.78. The summed E-state index contributed by atoms with van der Waals surface area (Å²) in [5, 5.41) is 2.96. The number of carbonyl (C=O) groups is 2. The predicted molar refractivity (Wildman–Crippen MR) is 178 cm³/mol. The topological polar surface area (TPSA) is 121 Å². The molecule has 0 saturated carbocycles. The number of allylic oxidation sites excluding steroid dienone is 1. The van der Waals surface area contributed by atoms with Crippen LogP contribution in [0.5, 0.6) is 17.2 Å². The lowest BCUT2D eigenvalue weighted by molar-refractivity contribution is -0.137. The van der Waals surface area contributed by atoms with Crippen LogP contribution in [0.25, 0.3) is 6.08 Å². The molecule has 0 spiro atoms. The van der Waals surface area contributed by atoms with Crippen molar-refractivity contribution in [1.82, 2.24) is 9.47 Å². The van der Waals surface area contributed by atoms with Crippen LogP contribution in [0.1, 0.15) is 24.1 Å². The number of para-hydroxylation sites is 1. The van der Waals surface area contributed by atoms with Gasteiger partial charge in [-0.05, 0) is 55.0 Å². The van der Waals surface area contributed by atoms with Crippen molar-refractivity contribution < 1.29 is 28.5 Å². The van der Waals surface area contributed by atoms with Gasteiger partial charge >= 0.3 is 0 Å². The molecule has 4 aromatic rings. The number of methoxy groups -OCH3 is 2. The number of hydrogen-bond donors (Lipinski definition) is 1. The Bertz CT molecular complexity index is 2000. The van der Waals surface area contributed by atoms with Gasteiger partial charge in [0.25, 0.3) is 17.4 Å². The van der Waals surface area contributed by atoms with Gasteiger partial charge in [-0.3, -0.25) is 19.0 Å². The zero-order chi connectivity index (χ0) is 32.9. The number of rotatable bonds is 9. The molecule has 1 aromatic heterocycles. The molecule has 2 amide bonds. The summed E-state index contributed by atoms with van der Waals surface area (Å²) in [4.78, 5) is 47.4. The molecule has 0 radical (unpaired) electrons. The van der Waals surface area contributed by atoms with Gasteiger partial charge in [-0.15, -0.1) is 0 Å². The minimum absolute atomic E-state index is 0.0632. The number of morpholine rings is 1. The molecule has 0 unspecified atom stereocenters. The fourth-order valence-electron chi connectivity index (χ4n) is 5.53. The lowest BCUT2D eigenvalue weighted by atomic mass is 9.94. The second kappa shape index (κ2) is 14.1. The first-order valence-electron chi connectivity index (χ1n) is 15.1. The molecule has 6 rings (SSSR count). The molecule has 2 aliphatic heterocycles. The highest BCUT2D eigenvalue weighted by molar-refractivity contribution is 7.07. The lowest BCUT2D eigenvalue weighted by Crippen LogP contribution is -2.42. The third-order valence-electron chi connectivity index (χ3n) is 7.94. The number of nitrogens with one attached hydrogen (secondary N) is 1. The van der Waals surface area contributed by atoms with E-state index >= 15 is 0 Å². The molecular formula is C35H34N4O7S. The number of fused-ring (bicyclic) bond motifs is 1. The smallest absolute Gasteiger partial charge is 0.271 e. The van der Waals surface area contributed by atoms with E-state index in [4.69, 9.17) is 23.9 Å². The van der Waals surface area contributed by atoms with Crippen molar-refractivity contribution in [3.8, 4) is 17.2 Å². The van der Waals surface area contributed by atoms with E-state index in [1.807, 2.05) is 30.3 Å². The summed E-state index contributed by atoms with van der Waals surface area (Å²) < 4.78 is 24.1. The Morgan fingerprint density at radius 2 is 1.72 bits per heavy atom. The van der Waals surface area contributed by atoms with Crippen LogP contribution < -0.4 is 34.4 Å². The lowest BCUT2D eigenvalue weighted by Gasteiger charge is -2.26. The number of amides is 2. The maximum absolute atomic E-state index is 14.1. The third-order valence-corrected chi connectivity index (χ3v) is 8.92. The highest BCUT2D eigenvalue weighted by Crippen LogP contribution is 2.37. The molecular weight excluding hydrogens is 620 g/mol. The van der Waals surface area contributed by atoms with Gasteiger partial charge in [-0.2, -0.15) is 0 Å². The second-order valence-electron chi connectivity index (χ2n) is 10.9. The fourth-order valence-corrected chi connectivity index (χ4v) is 6.58. The predicted octanol–water partition coefficient (Wildman–Crippen LogP) is 3.13. The minimum atomic E-state index is -0.822. The van der Waals surface area contributed by atoms with Crippen LogP contribution in [-0.2, 0) is 14.3 Å². The van der Waals surface area contributed by atoms with Crippen molar-refractivity contribution in [2.75, 3.05) is 52.4 Å². The first-order chi connectivity index (χ1) is 22.9. The van der Waals surface area contributed by atoms with Gasteiger partial charge in [0, 0.05) is 30.4 Å².